The van der Waals surface area contributed by atoms with Crippen LogP contribution in [0.1, 0.15) is 11.7 Å². The van der Waals surface area contributed by atoms with Gasteiger partial charge in [-0.15, -0.1) is 0 Å². The third kappa shape index (κ3) is 2.81. The SMILES string of the molecule is COC(=O)C(O)c1cc(OC)c(Cl)cc1OC. The molecule has 0 aliphatic carbocycles. The fraction of sp³-hybridized carbons (Fsp3) is 0.364. The molecule has 1 rings (SSSR count). The van der Waals surface area contributed by atoms with Crippen LogP contribution in [0.25, 0.3) is 0 Å². The number of esters is 1. The van der Waals surface area contributed by atoms with Crippen molar-refractivity contribution >= 4 is 17.6 Å². The first-order valence-electron chi connectivity index (χ1n) is 4.72. The Bertz CT molecular complexity index is 419. The summed E-state index contributed by atoms with van der Waals surface area (Å²) in [5.41, 5.74) is 0.237. The minimum atomic E-state index is -1.44. The zero-order chi connectivity index (χ0) is 13.0. The van der Waals surface area contributed by atoms with Crippen LogP contribution < -0.4 is 9.47 Å². The van der Waals surface area contributed by atoms with Crippen molar-refractivity contribution in [3.8, 4) is 11.5 Å². The highest BCUT2D eigenvalue weighted by atomic mass is 35.5. The summed E-state index contributed by atoms with van der Waals surface area (Å²) < 4.78 is 14.5. The number of aliphatic hydroxyl groups excluding tert-OH is 1. The molecule has 0 saturated carbocycles. The molecule has 0 bridgehead atoms. The molecular formula is C11H13ClO5. The van der Waals surface area contributed by atoms with Crippen molar-refractivity contribution in [2.45, 2.75) is 6.10 Å². The number of methoxy groups -OCH3 is 3. The normalized spacial score (nSPS) is 11.8. The van der Waals surface area contributed by atoms with Crippen molar-refractivity contribution in [1.82, 2.24) is 0 Å². The van der Waals surface area contributed by atoms with E-state index < -0.39 is 12.1 Å². The van der Waals surface area contributed by atoms with Gasteiger partial charge in [-0.05, 0) is 6.07 Å². The van der Waals surface area contributed by atoms with Gasteiger partial charge in [-0.2, -0.15) is 0 Å². The molecule has 1 aromatic rings. The summed E-state index contributed by atoms with van der Waals surface area (Å²) in [6.45, 7) is 0. The Balaban J connectivity index is 3.25. The molecule has 1 aromatic carbocycles. The number of benzene rings is 1. The number of hydrogen-bond donors (Lipinski definition) is 1. The van der Waals surface area contributed by atoms with E-state index in [1.165, 1.54) is 33.5 Å². The van der Waals surface area contributed by atoms with Gasteiger partial charge in [-0.25, -0.2) is 4.79 Å². The third-order valence-corrected chi connectivity index (χ3v) is 2.52. The average Bonchev–Trinajstić information content (AvgIpc) is 2.36. The monoisotopic (exact) mass is 260 g/mol. The van der Waals surface area contributed by atoms with E-state index in [-0.39, 0.29) is 11.3 Å². The fourth-order valence-corrected chi connectivity index (χ4v) is 1.57. The van der Waals surface area contributed by atoms with Crippen LogP contribution >= 0.6 is 11.6 Å². The second kappa shape index (κ2) is 5.75. The molecule has 6 heteroatoms. The van der Waals surface area contributed by atoms with Crippen LogP contribution in [0.15, 0.2) is 12.1 Å². The predicted molar refractivity (Wildman–Crippen MR) is 61.5 cm³/mol. The Morgan fingerprint density at radius 1 is 1.24 bits per heavy atom. The van der Waals surface area contributed by atoms with Crippen molar-refractivity contribution in [3.05, 3.63) is 22.7 Å². The van der Waals surface area contributed by atoms with E-state index in [0.29, 0.717) is 10.8 Å². The minimum Gasteiger partial charge on any atom is -0.496 e. The third-order valence-electron chi connectivity index (χ3n) is 2.22. The minimum absolute atomic E-state index is 0.237. The average molecular weight is 261 g/mol. The lowest BCUT2D eigenvalue weighted by Crippen LogP contribution is -2.14. The number of halogens is 1. The van der Waals surface area contributed by atoms with Crippen molar-refractivity contribution in [2.24, 2.45) is 0 Å². The van der Waals surface area contributed by atoms with Gasteiger partial charge in [0.2, 0.25) is 0 Å². The molecule has 0 radical (unpaired) electrons. The molecule has 0 aliphatic rings. The predicted octanol–water partition coefficient (Wildman–Crippen LogP) is 1.56. The summed E-state index contributed by atoms with van der Waals surface area (Å²) in [6, 6.07) is 2.89. The first-order chi connectivity index (χ1) is 8.04. The van der Waals surface area contributed by atoms with Gasteiger partial charge in [0, 0.05) is 11.6 Å². The molecular weight excluding hydrogens is 248 g/mol. The van der Waals surface area contributed by atoms with Crippen LogP contribution in [-0.2, 0) is 9.53 Å². The molecule has 0 spiro atoms. The largest absolute Gasteiger partial charge is 0.496 e. The Kier molecular flexibility index (Phi) is 4.60. The van der Waals surface area contributed by atoms with Gasteiger partial charge >= 0.3 is 5.97 Å². The highest BCUT2D eigenvalue weighted by molar-refractivity contribution is 6.32. The van der Waals surface area contributed by atoms with E-state index >= 15 is 0 Å². The quantitative estimate of drug-likeness (QED) is 0.833. The molecule has 1 atom stereocenters. The zero-order valence-corrected chi connectivity index (χ0v) is 10.4. The first-order valence-corrected chi connectivity index (χ1v) is 5.10. The molecule has 0 aromatic heterocycles. The Labute approximate surface area is 104 Å². The Morgan fingerprint density at radius 2 is 1.82 bits per heavy atom. The fourth-order valence-electron chi connectivity index (χ4n) is 1.34. The Hall–Kier alpha value is -1.46. The summed E-state index contributed by atoms with van der Waals surface area (Å²) in [5, 5.41) is 10.1. The highest BCUT2D eigenvalue weighted by Crippen LogP contribution is 2.35. The smallest absolute Gasteiger partial charge is 0.339 e. The van der Waals surface area contributed by atoms with Gasteiger partial charge in [0.25, 0.3) is 0 Å². The molecule has 17 heavy (non-hydrogen) atoms. The lowest BCUT2D eigenvalue weighted by Gasteiger charge is -2.15. The van der Waals surface area contributed by atoms with Crippen LogP contribution in [0.3, 0.4) is 0 Å². The lowest BCUT2D eigenvalue weighted by atomic mass is 10.1. The maximum atomic E-state index is 11.3. The van der Waals surface area contributed by atoms with Crippen LogP contribution in [-0.4, -0.2) is 32.4 Å². The van der Waals surface area contributed by atoms with Crippen molar-refractivity contribution < 1.29 is 24.1 Å². The van der Waals surface area contributed by atoms with Gasteiger partial charge in [0.15, 0.2) is 6.10 Å². The molecule has 1 unspecified atom stereocenters. The molecule has 0 aliphatic heterocycles. The number of rotatable bonds is 4. The van der Waals surface area contributed by atoms with E-state index in [9.17, 15) is 9.90 Å². The molecule has 0 fully saturated rings. The molecule has 5 nitrogen and oxygen atoms in total. The van der Waals surface area contributed by atoms with Crippen molar-refractivity contribution in [1.29, 1.82) is 0 Å². The van der Waals surface area contributed by atoms with Gasteiger partial charge in [0.05, 0.1) is 26.4 Å². The summed E-state index contributed by atoms with van der Waals surface area (Å²) in [6.07, 6.45) is -1.44. The second-order valence-corrected chi connectivity index (χ2v) is 3.56. The van der Waals surface area contributed by atoms with Gasteiger partial charge in [-0.3, -0.25) is 0 Å². The van der Waals surface area contributed by atoms with Gasteiger partial charge in [0.1, 0.15) is 11.5 Å². The van der Waals surface area contributed by atoms with E-state index in [0.717, 1.165) is 0 Å². The topological polar surface area (TPSA) is 65.0 Å². The molecule has 1 N–H and O–H groups in total. The number of carbonyl (C=O) groups is 1. The maximum absolute atomic E-state index is 11.3. The summed E-state index contributed by atoms with van der Waals surface area (Å²) in [7, 11) is 4.03. The van der Waals surface area contributed by atoms with Crippen LogP contribution in [0.4, 0.5) is 0 Å². The van der Waals surface area contributed by atoms with E-state index in [2.05, 4.69) is 4.74 Å². The van der Waals surface area contributed by atoms with Crippen molar-refractivity contribution in [3.63, 3.8) is 0 Å². The molecule has 0 heterocycles. The second-order valence-electron chi connectivity index (χ2n) is 3.15. The summed E-state index contributed by atoms with van der Waals surface area (Å²) >= 11 is 5.90. The molecule has 0 saturated heterocycles. The van der Waals surface area contributed by atoms with Crippen LogP contribution in [0.5, 0.6) is 11.5 Å². The summed E-state index contributed by atoms with van der Waals surface area (Å²) in [5.74, 6) is -0.160. The Morgan fingerprint density at radius 3 is 2.29 bits per heavy atom. The number of ether oxygens (including phenoxy) is 3. The number of aliphatic hydroxyl groups is 1. The first kappa shape index (κ1) is 13.6. The standard InChI is InChI=1S/C11H13ClO5/c1-15-8-5-7(12)9(16-2)4-6(8)10(13)11(14)17-3/h4-5,10,13H,1-3H3. The van der Waals surface area contributed by atoms with Crippen molar-refractivity contribution in [2.75, 3.05) is 21.3 Å². The maximum Gasteiger partial charge on any atom is 0.339 e. The molecule has 94 valence electrons. The lowest BCUT2D eigenvalue weighted by molar-refractivity contribution is -0.150. The van der Waals surface area contributed by atoms with Crippen LogP contribution in [0.2, 0.25) is 5.02 Å². The number of hydrogen-bond acceptors (Lipinski definition) is 5. The van der Waals surface area contributed by atoms with E-state index in [1.54, 1.807) is 0 Å². The molecule has 0 amide bonds. The van der Waals surface area contributed by atoms with Gasteiger partial charge < -0.3 is 19.3 Å². The van der Waals surface area contributed by atoms with E-state index in [4.69, 9.17) is 21.1 Å². The number of carbonyl (C=O) groups excluding carboxylic acids is 1. The van der Waals surface area contributed by atoms with Gasteiger partial charge in [-0.1, -0.05) is 11.6 Å². The van der Waals surface area contributed by atoms with E-state index in [1.807, 2.05) is 0 Å². The van der Waals surface area contributed by atoms with Crippen LogP contribution in [0, 0.1) is 0 Å². The highest BCUT2D eigenvalue weighted by Gasteiger charge is 2.23. The zero-order valence-electron chi connectivity index (χ0n) is 9.69. The summed E-state index contributed by atoms with van der Waals surface area (Å²) in [4.78, 5) is 11.3.